The van der Waals surface area contributed by atoms with Crippen LogP contribution in [0.4, 0.5) is 28.4 Å². The lowest BCUT2D eigenvalue weighted by Crippen LogP contribution is -2.10. The van der Waals surface area contributed by atoms with E-state index in [1.54, 1.807) is 0 Å². The molecule has 0 unspecified atom stereocenters. The zero-order chi connectivity index (χ0) is 45.6. The summed E-state index contributed by atoms with van der Waals surface area (Å²) in [5.41, 5.74) is 13.8. The smallest absolute Gasteiger partial charge is 0.119 e. The summed E-state index contributed by atoms with van der Waals surface area (Å²) in [6, 6.07) is 57.7. The molecule has 64 heavy (non-hydrogen) atoms. The SMILES string of the molecule is CCCCCCOc1ccc(C(c2ccc(N(C)C)cc2)c2ccc(N(C)C)cc2)cc1.CCNc1ccc(C(c2ccc(N(C)C)cc2)c2ccc(N(C)C)cc2)c2ccccc12. The van der Waals surface area contributed by atoms with Gasteiger partial charge < -0.3 is 29.7 Å². The Kier molecular flexibility index (Phi) is 16.8. The van der Waals surface area contributed by atoms with Crippen molar-refractivity contribution in [2.24, 2.45) is 0 Å². The van der Waals surface area contributed by atoms with Crippen LogP contribution in [0.3, 0.4) is 0 Å². The summed E-state index contributed by atoms with van der Waals surface area (Å²) in [6.45, 7) is 6.08. The molecule has 0 atom stereocenters. The Morgan fingerprint density at radius 1 is 0.406 bits per heavy atom. The molecule has 0 amide bonds. The van der Waals surface area contributed by atoms with Gasteiger partial charge in [-0.3, -0.25) is 0 Å². The number of fused-ring (bicyclic) bond motifs is 1. The quantitative estimate of drug-likeness (QED) is 0.0684. The normalized spacial score (nSPS) is 11.0. The number of rotatable bonds is 18. The van der Waals surface area contributed by atoms with E-state index in [0.29, 0.717) is 0 Å². The predicted molar refractivity (Wildman–Crippen MR) is 279 cm³/mol. The van der Waals surface area contributed by atoms with E-state index in [0.717, 1.165) is 25.3 Å². The fraction of sp³-hybridized carbons (Fsp3) is 0.310. The van der Waals surface area contributed by atoms with E-state index < -0.39 is 0 Å². The molecule has 0 aromatic heterocycles. The minimum atomic E-state index is 0.156. The van der Waals surface area contributed by atoms with E-state index in [-0.39, 0.29) is 11.8 Å². The van der Waals surface area contributed by atoms with E-state index in [2.05, 4.69) is 253 Å². The summed E-state index contributed by atoms with van der Waals surface area (Å²) >= 11 is 0. The van der Waals surface area contributed by atoms with Gasteiger partial charge in [0.25, 0.3) is 0 Å². The highest BCUT2D eigenvalue weighted by molar-refractivity contribution is 5.97. The predicted octanol–water partition coefficient (Wildman–Crippen LogP) is 13.5. The Hall–Kier alpha value is -6.40. The van der Waals surface area contributed by atoms with Crippen molar-refractivity contribution in [1.29, 1.82) is 0 Å². The first-order valence-corrected chi connectivity index (χ1v) is 23.1. The molecule has 0 saturated heterocycles. The summed E-state index contributed by atoms with van der Waals surface area (Å²) in [6.07, 6.45) is 4.89. The van der Waals surface area contributed by atoms with Crippen LogP contribution in [-0.2, 0) is 0 Å². The molecule has 7 aromatic rings. The zero-order valence-corrected chi connectivity index (χ0v) is 40.1. The second-order valence-corrected chi connectivity index (χ2v) is 17.6. The van der Waals surface area contributed by atoms with Crippen molar-refractivity contribution in [2.45, 2.75) is 51.4 Å². The standard InChI is InChI=1S/C29H33N3.C29H38N2O/c1-6-30-28-20-19-27(25-9-7-8-10-26(25)28)29(21-11-15-23(16-12-21)31(2)3)22-13-17-24(18-14-22)32(4)5;1-6-7-8-9-22-32-28-20-14-25(15-21-28)29(23-10-16-26(17-11-23)30(2)3)24-12-18-27(19-13-24)31(4)5/h7-20,29-30H,6H2,1-5H3;10-21,29H,6-9,22H2,1-5H3. The van der Waals surface area contributed by atoms with Gasteiger partial charge in [-0.1, -0.05) is 117 Å². The third-order valence-electron chi connectivity index (χ3n) is 12.1. The van der Waals surface area contributed by atoms with Crippen molar-refractivity contribution in [3.05, 3.63) is 191 Å². The maximum absolute atomic E-state index is 5.97. The van der Waals surface area contributed by atoms with Gasteiger partial charge in [0.15, 0.2) is 0 Å². The Morgan fingerprint density at radius 2 is 0.797 bits per heavy atom. The van der Waals surface area contributed by atoms with Gasteiger partial charge in [0.2, 0.25) is 0 Å². The summed E-state index contributed by atoms with van der Waals surface area (Å²) in [5, 5.41) is 6.09. The highest BCUT2D eigenvalue weighted by Crippen LogP contribution is 2.40. The largest absolute Gasteiger partial charge is 0.494 e. The molecule has 0 radical (unpaired) electrons. The number of nitrogens with one attached hydrogen (secondary N) is 1. The molecule has 334 valence electrons. The Labute approximate surface area is 385 Å². The van der Waals surface area contributed by atoms with E-state index >= 15 is 0 Å². The summed E-state index contributed by atoms with van der Waals surface area (Å²) in [4.78, 5) is 8.56. The molecule has 0 aliphatic rings. The summed E-state index contributed by atoms with van der Waals surface area (Å²) in [7, 11) is 16.6. The maximum Gasteiger partial charge on any atom is 0.119 e. The molecule has 0 bridgehead atoms. The van der Waals surface area contributed by atoms with E-state index in [1.807, 2.05) is 0 Å². The lowest BCUT2D eigenvalue weighted by molar-refractivity contribution is 0.305. The van der Waals surface area contributed by atoms with Gasteiger partial charge in [0.1, 0.15) is 5.75 Å². The van der Waals surface area contributed by atoms with Crippen LogP contribution in [0.1, 0.15) is 84.7 Å². The van der Waals surface area contributed by atoms with Crippen LogP contribution in [0.5, 0.6) is 5.75 Å². The number of ether oxygens (including phenoxy) is 1. The molecule has 0 saturated carbocycles. The molecular weight excluding hydrogens is 783 g/mol. The molecule has 7 aromatic carbocycles. The van der Waals surface area contributed by atoms with E-state index in [1.165, 1.54) is 91.9 Å². The monoisotopic (exact) mass is 854 g/mol. The lowest BCUT2D eigenvalue weighted by atomic mass is 9.82. The average molecular weight is 854 g/mol. The molecule has 0 heterocycles. The first-order chi connectivity index (χ1) is 31.0. The first kappa shape index (κ1) is 47.1. The fourth-order valence-corrected chi connectivity index (χ4v) is 8.38. The molecule has 6 nitrogen and oxygen atoms in total. The van der Waals surface area contributed by atoms with Crippen molar-refractivity contribution in [3.8, 4) is 5.75 Å². The van der Waals surface area contributed by atoms with Crippen LogP contribution in [-0.4, -0.2) is 69.5 Å². The van der Waals surface area contributed by atoms with Crippen molar-refractivity contribution in [2.75, 3.05) is 94.4 Å². The minimum Gasteiger partial charge on any atom is -0.494 e. The maximum atomic E-state index is 5.97. The van der Waals surface area contributed by atoms with Gasteiger partial charge in [-0.05, 0) is 119 Å². The number of anilines is 5. The van der Waals surface area contributed by atoms with Gasteiger partial charge in [0, 0.05) is 109 Å². The van der Waals surface area contributed by atoms with Gasteiger partial charge >= 0.3 is 0 Å². The van der Waals surface area contributed by atoms with Crippen LogP contribution in [0.25, 0.3) is 10.8 Å². The molecule has 1 N–H and O–H groups in total. The second kappa shape index (κ2) is 22.8. The molecule has 0 aliphatic carbocycles. The topological polar surface area (TPSA) is 34.2 Å². The average Bonchev–Trinajstić information content (AvgIpc) is 3.31. The molecule has 6 heteroatoms. The summed E-state index contributed by atoms with van der Waals surface area (Å²) in [5.74, 6) is 1.29. The van der Waals surface area contributed by atoms with Crippen LogP contribution >= 0.6 is 0 Å². The summed E-state index contributed by atoms with van der Waals surface area (Å²) < 4.78 is 5.97. The lowest BCUT2D eigenvalue weighted by Gasteiger charge is -2.24. The number of hydrogen-bond acceptors (Lipinski definition) is 6. The molecule has 7 rings (SSSR count). The van der Waals surface area contributed by atoms with Crippen LogP contribution < -0.4 is 29.7 Å². The zero-order valence-electron chi connectivity index (χ0n) is 40.1. The fourth-order valence-electron chi connectivity index (χ4n) is 8.38. The van der Waals surface area contributed by atoms with Crippen LogP contribution in [0.2, 0.25) is 0 Å². The van der Waals surface area contributed by atoms with Crippen LogP contribution in [0, 0.1) is 0 Å². The highest BCUT2D eigenvalue weighted by atomic mass is 16.5. The molecule has 0 aliphatic heterocycles. The van der Waals surface area contributed by atoms with Gasteiger partial charge in [-0.25, -0.2) is 0 Å². The number of nitrogens with zero attached hydrogens (tertiary/aromatic N) is 4. The van der Waals surface area contributed by atoms with Gasteiger partial charge in [-0.2, -0.15) is 0 Å². The van der Waals surface area contributed by atoms with Gasteiger partial charge in [0.05, 0.1) is 6.61 Å². The Bertz CT molecular complexity index is 2350. The van der Waals surface area contributed by atoms with Crippen molar-refractivity contribution >= 4 is 39.2 Å². The van der Waals surface area contributed by atoms with Crippen LogP contribution in [0.15, 0.2) is 158 Å². The van der Waals surface area contributed by atoms with Crippen molar-refractivity contribution < 1.29 is 4.74 Å². The van der Waals surface area contributed by atoms with E-state index in [9.17, 15) is 0 Å². The van der Waals surface area contributed by atoms with Gasteiger partial charge in [-0.15, -0.1) is 0 Å². The first-order valence-electron chi connectivity index (χ1n) is 23.1. The highest BCUT2D eigenvalue weighted by Gasteiger charge is 2.21. The molecular formula is C58H71N5O. The van der Waals surface area contributed by atoms with Crippen molar-refractivity contribution in [1.82, 2.24) is 0 Å². The van der Waals surface area contributed by atoms with E-state index in [4.69, 9.17) is 4.74 Å². The molecule has 0 fully saturated rings. The Morgan fingerprint density at radius 3 is 1.19 bits per heavy atom. The molecule has 0 spiro atoms. The minimum absolute atomic E-state index is 0.156. The number of unbranched alkanes of at least 4 members (excludes halogenated alkanes) is 3. The Balaban J connectivity index is 0.000000213. The second-order valence-electron chi connectivity index (χ2n) is 17.6. The number of benzene rings is 7. The third-order valence-corrected chi connectivity index (χ3v) is 12.1. The third kappa shape index (κ3) is 12.0. The van der Waals surface area contributed by atoms with Crippen molar-refractivity contribution in [3.63, 3.8) is 0 Å². The number of hydrogen-bond donors (Lipinski definition) is 1.